The zero-order valence-corrected chi connectivity index (χ0v) is 15.9. The lowest BCUT2D eigenvalue weighted by Crippen LogP contribution is -2.24. The van der Waals surface area contributed by atoms with Crippen molar-refractivity contribution in [1.29, 1.82) is 0 Å². The number of hydrogen-bond donors (Lipinski definition) is 0. The molecule has 0 fully saturated rings. The van der Waals surface area contributed by atoms with Crippen molar-refractivity contribution in [3.8, 4) is 5.75 Å². The van der Waals surface area contributed by atoms with Crippen LogP contribution in [0.4, 0.5) is 0 Å². The maximum atomic E-state index is 12.7. The third kappa shape index (κ3) is 3.85. The van der Waals surface area contributed by atoms with Crippen LogP contribution in [0.25, 0.3) is 10.8 Å². The average Bonchev–Trinajstić information content (AvgIpc) is 2.68. The summed E-state index contributed by atoms with van der Waals surface area (Å²) in [6, 6.07) is 16.7. The second kappa shape index (κ2) is 7.62. The van der Waals surface area contributed by atoms with Crippen molar-refractivity contribution in [3.63, 3.8) is 0 Å². The van der Waals surface area contributed by atoms with Crippen LogP contribution < -0.4 is 4.74 Å². The first kappa shape index (κ1) is 18.6. The Morgan fingerprint density at radius 2 is 1.56 bits per heavy atom. The zero-order valence-electron chi connectivity index (χ0n) is 15.9. The van der Waals surface area contributed by atoms with Crippen LogP contribution in [0.2, 0.25) is 0 Å². The number of aryl methyl sites for hydroxylation is 2. The van der Waals surface area contributed by atoms with Crippen molar-refractivity contribution in [2.75, 3.05) is 7.11 Å². The summed E-state index contributed by atoms with van der Waals surface area (Å²) in [6.45, 7) is 5.52. The first-order valence-corrected chi connectivity index (χ1v) is 8.80. The van der Waals surface area contributed by atoms with Gasteiger partial charge < -0.3 is 9.47 Å². The van der Waals surface area contributed by atoms with E-state index in [1.165, 1.54) is 7.11 Å². The molecule has 0 bridgehead atoms. The van der Waals surface area contributed by atoms with Gasteiger partial charge in [0, 0.05) is 5.56 Å². The molecule has 4 nitrogen and oxygen atoms in total. The molecule has 0 aliphatic rings. The summed E-state index contributed by atoms with van der Waals surface area (Å²) in [5.41, 5.74) is 2.97. The quantitative estimate of drug-likeness (QED) is 0.479. The van der Waals surface area contributed by atoms with Gasteiger partial charge in [0.1, 0.15) is 11.3 Å². The fraction of sp³-hybridized carbons (Fsp3) is 0.217. The Morgan fingerprint density at radius 1 is 0.889 bits per heavy atom. The minimum atomic E-state index is -0.893. The number of ketones is 1. The summed E-state index contributed by atoms with van der Waals surface area (Å²) in [5, 5.41) is 1.86. The lowest BCUT2D eigenvalue weighted by atomic mass is 10.0. The first-order chi connectivity index (χ1) is 12.9. The van der Waals surface area contributed by atoms with Crippen LogP contribution in [0, 0.1) is 13.8 Å². The third-order valence-electron chi connectivity index (χ3n) is 4.73. The molecule has 0 heterocycles. The molecule has 138 valence electrons. The molecule has 1 atom stereocenters. The Kier molecular flexibility index (Phi) is 5.26. The summed E-state index contributed by atoms with van der Waals surface area (Å²) in [7, 11) is 1.50. The van der Waals surface area contributed by atoms with Gasteiger partial charge in [-0.25, -0.2) is 4.79 Å². The van der Waals surface area contributed by atoms with Crippen molar-refractivity contribution in [1.82, 2.24) is 0 Å². The Bertz CT molecular complexity index is 1020. The van der Waals surface area contributed by atoms with E-state index in [0.717, 1.165) is 21.9 Å². The monoisotopic (exact) mass is 362 g/mol. The standard InChI is InChI=1S/C23H22O4/c1-14-9-10-19(11-15(14)2)22(24)16(3)27-23(25)20-12-17-7-5-6-8-18(17)13-21(20)26-4/h5-13,16H,1-4H3/t16-/m0/s1. The molecule has 0 N–H and O–H groups in total. The summed E-state index contributed by atoms with van der Waals surface area (Å²) < 4.78 is 10.8. The number of carbonyl (C=O) groups is 2. The molecule has 27 heavy (non-hydrogen) atoms. The number of hydrogen-bond acceptors (Lipinski definition) is 4. The Balaban J connectivity index is 1.84. The van der Waals surface area contributed by atoms with Crippen molar-refractivity contribution in [2.24, 2.45) is 0 Å². The first-order valence-electron chi connectivity index (χ1n) is 8.80. The van der Waals surface area contributed by atoms with Crippen molar-refractivity contribution >= 4 is 22.5 Å². The van der Waals surface area contributed by atoms with E-state index in [2.05, 4.69) is 0 Å². The molecule has 0 amide bonds. The number of ether oxygens (including phenoxy) is 2. The van der Waals surface area contributed by atoms with E-state index < -0.39 is 12.1 Å². The third-order valence-corrected chi connectivity index (χ3v) is 4.73. The maximum absolute atomic E-state index is 12.7. The van der Waals surface area contributed by atoms with E-state index in [1.807, 2.05) is 50.2 Å². The molecule has 3 rings (SSSR count). The number of methoxy groups -OCH3 is 1. The predicted octanol–water partition coefficient (Wildman–Crippen LogP) is 4.89. The van der Waals surface area contributed by atoms with Crippen molar-refractivity contribution in [2.45, 2.75) is 26.9 Å². The average molecular weight is 362 g/mol. The molecule has 3 aromatic rings. The highest BCUT2D eigenvalue weighted by molar-refractivity contribution is 6.03. The zero-order chi connectivity index (χ0) is 19.6. The molecule has 0 radical (unpaired) electrons. The number of Topliss-reactive ketones (excluding diaryl/α,β-unsaturated/α-hetero) is 1. The van der Waals surface area contributed by atoms with Gasteiger partial charge in [0.15, 0.2) is 6.10 Å². The predicted molar refractivity (Wildman–Crippen MR) is 106 cm³/mol. The molecule has 0 saturated carbocycles. The molecular formula is C23H22O4. The molecule has 0 spiro atoms. The molecule has 0 saturated heterocycles. The molecule has 0 aliphatic heterocycles. The molecule has 0 unspecified atom stereocenters. The lowest BCUT2D eigenvalue weighted by molar-refractivity contribution is 0.0316. The topological polar surface area (TPSA) is 52.6 Å². The van der Waals surface area contributed by atoms with Gasteiger partial charge in [-0.2, -0.15) is 0 Å². The van der Waals surface area contributed by atoms with Crippen LogP contribution in [0.1, 0.15) is 38.8 Å². The second-order valence-electron chi connectivity index (χ2n) is 6.61. The highest BCUT2D eigenvalue weighted by Crippen LogP contribution is 2.27. The van der Waals surface area contributed by atoms with Crippen LogP contribution in [-0.2, 0) is 4.74 Å². The van der Waals surface area contributed by atoms with Crippen LogP contribution in [0.5, 0.6) is 5.75 Å². The van der Waals surface area contributed by atoms with Crippen LogP contribution in [0.3, 0.4) is 0 Å². The minimum Gasteiger partial charge on any atom is -0.496 e. The number of carbonyl (C=O) groups excluding carboxylic acids is 2. The van der Waals surface area contributed by atoms with Crippen molar-refractivity contribution in [3.05, 3.63) is 76.9 Å². The highest BCUT2D eigenvalue weighted by Gasteiger charge is 2.23. The normalized spacial score (nSPS) is 11.9. The van der Waals surface area contributed by atoms with Crippen molar-refractivity contribution < 1.29 is 19.1 Å². The van der Waals surface area contributed by atoms with Gasteiger partial charge >= 0.3 is 5.97 Å². The molecular weight excluding hydrogens is 340 g/mol. The SMILES string of the molecule is COc1cc2ccccc2cc1C(=O)O[C@@H](C)C(=O)c1ccc(C)c(C)c1. The second-order valence-corrected chi connectivity index (χ2v) is 6.61. The number of esters is 1. The summed E-state index contributed by atoms with van der Waals surface area (Å²) >= 11 is 0. The Morgan fingerprint density at radius 3 is 2.19 bits per heavy atom. The van der Waals surface area contributed by atoms with Gasteiger partial charge in [-0.1, -0.05) is 36.4 Å². The van der Waals surface area contributed by atoms with Gasteiger partial charge in [0.2, 0.25) is 5.78 Å². The summed E-state index contributed by atoms with van der Waals surface area (Å²) in [6.07, 6.45) is -0.893. The van der Waals surface area contributed by atoms with Gasteiger partial charge in [-0.3, -0.25) is 4.79 Å². The fourth-order valence-corrected chi connectivity index (χ4v) is 2.95. The summed E-state index contributed by atoms with van der Waals surface area (Å²) in [4.78, 5) is 25.3. The van der Waals surface area contributed by atoms with E-state index >= 15 is 0 Å². The van der Waals surface area contributed by atoms with E-state index in [4.69, 9.17) is 9.47 Å². The summed E-state index contributed by atoms with van der Waals surface area (Å²) in [5.74, 6) is -0.391. The Hall–Kier alpha value is -3.14. The molecule has 4 heteroatoms. The lowest BCUT2D eigenvalue weighted by Gasteiger charge is -2.15. The Labute approximate surface area is 158 Å². The van der Waals surface area contributed by atoms with E-state index in [-0.39, 0.29) is 5.78 Å². The number of rotatable bonds is 5. The molecule has 0 aliphatic carbocycles. The van der Waals surface area contributed by atoms with Gasteiger partial charge in [0.05, 0.1) is 7.11 Å². The van der Waals surface area contributed by atoms with Crippen LogP contribution in [-0.4, -0.2) is 25.0 Å². The number of fused-ring (bicyclic) bond motifs is 1. The molecule has 0 aromatic heterocycles. The van der Waals surface area contributed by atoms with Gasteiger partial charge in [-0.05, 0) is 60.9 Å². The van der Waals surface area contributed by atoms with Gasteiger partial charge in [-0.15, -0.1) is 0 Å². The van der Waals surface area contributed by atoms with E-state index in [0.29, 0.717) is 16.9 Å². The van der Waals surface area contributed by atoms with Crippen LogP contribution >= 0.6 is 0 Å². The maximum Gasteiger partial charge on any atom is 0.342 e. The van der Waals surface area contributed by atoms with E-state index in [1.54, 1.807) is 25.1 Å². The van der Waals surface area contributed by atoms with Crippen LogP contribution in [0.15, 0.2) is 54.6 Å². The largest absolute Gasteiger partial charge is 0.496 e. The minimum absolute atomic E-state index is 0.230. The number of benzene rings is 3. The molecule has 3 aromatic carbocycles. The highest BCUT2D eigenvalue weighted by atomic mass is 16.5. The fourth-order valence-electron chi connectivity index (χ4n) is 2.95. The smallest absolute Gasteiger partial charge is 0.342 e. The van der Waals surface area contributed by atoms with Gasteiger partial charge in [0.25, 0.3) is 0 Å². The van der Waals surface area contributed by atoms with E-state index in [9.17, 15) is 9.59 Å².